The lowest BCUT2D eigenvalue weighted by Crippen LogP contribution is -2.54. The molecular formula is C33H45N6O9P. The van der Waals surface area contributed by atoms with Crippen LogP contribution in [0, 0.1) is 30.1 Å². The van der Waals surface area contributed by atoms with E-state index >= 15 is 0 Å². The van der Waals surface area contributed by atoms with Gasteiger partial charge in [-0.3, -0.25) is 14.1 Å². The summed E-state index contributed by atoms with van der Waals surface area (Å²) in [7, 11) is -4.43. The van der Waals surface area contributed by atoms with E-state index in [2.05, 4.69) is 21.2 Å². The Kier molecular flexibility index (Phi) is 11.7. The number of aliphatic hydroxyl groups is 1. The van der Waals surface area contributed by atoms with Crippen molar-refractivity contribution >= 4 is 31.0 Å². The Morgan fingerprint density at radius 2 is 1.84 bits per heavy atom. The van der Waals surface area contributed by atoms with Gasteiger partial charge in [-0.25, -0.2) is 14.1 Å². The fourth-order valence-electron chi connectivity index (χ4n) is 5.48. The van der Waals surface area contributed by atoms with Gasteiger partial charge < -0.3 is 29.6 Å². The molecule has 15 nitrogen and oxygen atoms in total. The lowest BCUT2D eigenvalue weighted by Gasteiger charge is -2.34. The van der Waals surface area contributed by atoms with Crippen molar-refractivity contribution in [3.63, 3.8) is 0 Å². The number of nitriles is 1. The van der Waals surface area contributed by atoms with Crippen molar-refractivity contribution in [2.75, 3.05) is 18.9 Å². The maximum atomic E-state index is 14.3. The molecule has 49 heavy (non-hydrogen) atoms. The second-order valence-corrected chi connectivity index (χ2v) is 14.2. The van der Waals surface area contributed by atoms with E-state index in [9.17, 15) is 24.5 Å². The zero-order chi connectivity index (χ0) is 36.1. The highest BCUT2D eigenvalue weighted by Crippen LogP contribution is 2.51. The minimum absolute atomic E-state index is 0.0796. The number of carbonyl (C=O) groups is 2. The summed E-state index contributed by atoms with van der Waals surface area (Å²) in [6.45, 7) is 11.1. The third-order valence-electron chi connectivity index (χ3n) is 8.51. The SMILES string of the molecule is CCC(CC)COC(=O)[C@H](C)N[P@](=O)(OC[C@H]1O[C@@](C#N)(c2ccc3c(N)nc(C)nn23)[C@](C)(O)[C@@H]1OC(=O)C(C)C)Oc1ccccc1. The van der Waals surface area contributed by atoms with Crippen molar-refractivity contribution in [1.82, 2.24) is 19.7 Å². The summed E-state index contributed by atoms with van der Waals surface area (Å²) in [5.74, 6) is -1.22. The van der Waals surface area contributed by atoms with E-state index in [0.717, 1.165) is 12.8 Å². The largest absolute Gasteiger partial charge is 0.464 e. The Hall–Kier alpha value is -4.06. The summed E-state index contributed by atoms with van der Waals surface area (Å²) in [5, 5.41) is 29.8. The molecule has 0 saturated carbocycles. The van der Waals surface area contributed by atoms with E-state index in [4.69, 9.17) is 29.0 Å². The molecule has 16 heteroatoms. The number of nitrogen functional groups attached to an aromatic ring is 1. The average molecular weight is 701 g/mol. The summed E-state index contributed by atoms with van der Waals surface area (Å²) in [4.78, 5) is 30.0. The number of nitrogens with one attached hydrogen (secondary N) is 1. The standard InChI is InChI=1S/C33H45N6O9P/c1-8-23(9-2)17-44-31(41)21(5)38-49(43,48-24-13-11-10-12-14-24)45-18-26-28(46-30(40)20(3)4)32(7,42)33(19-34,47-26)27-16-15-25-29(35)36-22(6)37-39(25)27/h10-16,20-21,23,26,28,42H,8-9,17-18H2,1-7H3,(H,38,43)(H2,35,36,37)/t21-,26+,28+,32+,33-,49-/m0/s1. The maximum absolute atomic E-state index is 14.3. The minimum atomic E-state index is -4.43. The molecule has 0 unspecified atom stereocenters. The number of para-hydroxylation sites is 1. The zero-order valence-corrected chi connectivity index (χ0v) is 29.7. The van der Waals surface area contributed by atoms with Gasteiger partial charge in [0.25, 0.3) is 0 Å². The van der Waals surface area contributed by atoms with Gasteiger partial charge >= 0.3 is 19.7 Å². The Bertz CT molecular complexity index is 1720. The smallest absolute Gasteiger partial charge is 0.459 e. The summed E-state index contributed by atoms with van der Waals surface area (Å²) < 4.78 is 44.8. The highest BCUT2D eigenvalue weighted by atomic mass is 31.2. The topological polar surface area (TPSA) is 210 Å². The summed E-state index contributed by atoms with van der Waals surface area (Å²) >= 11 is 0. The van der Waals surface area contributed by atoms with Gasteiger partial charge in [0.05, 0.1) is 24.8 Å². The minimum Gasteiger partial charge on any atom is -0.464 e. The number of aromatic nitrogens is 3. The van der Waals surface area contributed by atoms with Crippen LogP contribution in [0.1, 0.15) is 65.9 Å². The van der Waals surface area contributed by atoms with E-state index in [1.807, 2.05) is 13.8 Å². The first kappa shape index (κ1) is 37.8. The van der Waals surface area contributed by atoms with Crippen LogP contribution in [-0.2, 0) is 38.5 Å². The van der Waals surface area contributed by atoms with Gasteiger partial charge in [0.1, 0.15) is 40.9 Å². The zero-order valence-electron chi connectivity index (χ0n) is 28.8. The molecule has 1 saturated heterocycles. The lowest BCUT2D eigenvalue weighted by atomic mass is 9.80. The summed E-state index contributed by atoms with van der Waals surface area (Å²) in [5.41, 5.74) is 2.12. The van der Waals surface area contributed by atoms with Crippen molar-refractivity contribution in [1.29, 1.82) is 5.26 Å². The first-order chi connectivity index (χ1) is 23.1. The molecule has 0 aliphatic carbocycles. The number of hydrogen-bond acceptors (Lipinski definition) is 13. The number of benzene rings is 1. The van der Waals surface area contributed by atoms with Crippen LogP contribution in [0.4, 0.5) is 5.82 Å². The number of esters is 2. The Labute approximate surface area is 285 Å². The molecule has 6 atom stereocenters. The number of carbonyl (C=O) groups excluding carboxylic acids is 2. The molecule has 4 rings (SSSR count). The first-order valence-electron chi connectivity index (χ1n) is 16.2. The molecule has 0 amide bonds. The molecule has 3 aromatic rings. The van der Waals surface area contributed by atoms with Gasteiger partial charge in [0.2, 0.25) is 5.60 Å². The number of fused-ring (bicyclic) bond motifs is 1. The number of ether oxygens (including phenoxy) is 3. The van der Waals surface area contributed by atoms with Crippen LogP contribution in [0.5, 0.6) is 5.75 Å². The van der Waals surface area contributed by atoms with Crippen molar-refractivity contribution in [3.8, 4) is 11.8 Å². The van der Waals surface area contributed by atoms with E-state index < -0.39 is 61.7 Å². The number of nitrogens with two attached hydrogens (primary N) is 1. The summed E-state index contributed by atoms with van der Waals surface area (Å²) in [6.07, 6.45) is -1.25. The molecule has 1 aliphatic rings. The third-order valence-corrected chi connectivity index (χ3v) is 10.2. The molecule has 1 fully saturated rings. The average Bonchev–Trinajstić information content (AvgIpc) is 3.57. The van der Waals surface area contributed by atoms with Gasteiger partial charge in [-0.2, -0.15) is 15.4 Å². The van der Waals surface area contributed by atoms with Gasteiger partial charge in [0, 0.05) is 0 Å². The van der Waals surface area contributed by atoms with Gasteiger partial charge in [-0.15, -0.1) is 0 Å². The molecule has 1 aliphatic heterocycles. The fraction of sp³-hybridized carbons (Fsp3) is 0.545. The van der Waals surface area contributed by atoms with E-state index in [1.54, 1.807) is 57.2 Å². The van der Waals surface area contributed by atoms with E-state index in [0.29, 0.717) is 5.52 Å². The first-order valence-corrected chi connectivity index (χ1v) is 17.7. The van der Waals surface area contributed by atoms with Crippen molar-refractivity contribution in [2.45, 2.75) is 90.8 Å². The van der Waals surface area contributed by atoms with E-state index in [-0.39, 0.29) is 35.6 Å². The number of hydrogen-bond donors (Lipinski definition) is 3. The number of rotatable bonds is 15. The molecule has 3 heterocycles. The maximum Gasteiger partial charge on any atom is 0.459 e. The Balaban J connectivity index is 1.70. The highest BCUT2D eigenvalue weighted by Gasteiger charge is 2.67. The number of anilines is 1. The van der Waals surface area contributed by atoms with Crippen LogP contribution in [-0.4, -0.2) is 68.7 Å². The second kappa shape index (κ2) is 15.2. The van der Waals surface area contributed by atoms with Crippen LogP contribution in [0.2, 0.25) is 0 Å². The highest BCUT2D eigenvalue weighted by molar-refractivity contribution is 7.52. The second-order valence-electron chi connectivity index (χ2n) is 12.5. The Morgan fingerprint density at radius 1 is 1.16 bits per heavy atom. The normalized spacial score (nSPS) is 24.0. The number of aryl methyl sites for hydroxylation is 1. The van der Waals surface area contributed by atoms with Gasteiger partial charge in [-0.1, -0.05) is 58.7 Å². The third kappa shape index (κ3) is 7.90. The fourth-order valence-corrected chi connectivity index (χ4v) is 6.98. The predicted octanol–water partition coefficient (Wildman–Crippen LogP) is 4.22. The van der Waals surface area contributed by atoms with Crippen LogP contribution in [0.3, 0.4) is 0 Å². The van der Waals surface area contributed by atoms with Crippen LogP contribution in [0.25, 0.3) is 5.52 Å². The van der Waals surface area contributed by atoms with Crippen molar-refractivity contribution < 1.29 is 42.5 Å². The molecule has 266 valence electrons. The Morgan fingerprint density at radius 3 is 2.45 bits per heavy atom. The monoisotopic (exact) mass is 700 g/mol. The van der Waals surface area contributed by atoms with Gasteiger partial charge in [0.15, 0.2) is 11.9 Å². The van der Waals surface area contributed by atoms with Crippen LogP contribution >= 0.6 is 7.75 Å². The molecule has 4 N–H and O–H groups in total. The molecule has 2 aromatic heterocycles. The molecule has 0 spiro atoms. The molecule has 0 radical (unpaired) electrons. The quantitative estimate of drug-likeness (QED) is 0.150. The number of nitrogens with zero attached hydrogens (tertiary/aromatic N) is 4. The van der Waals surface area contributed by atoms with E-state index in [1.165, 1.54) is 24.4 Å². The molecule has 1 aromatic carbocycles. The van der Waals surface area contributed by atoms with Crippen molar-refractivity contribution in [3.05, 3.63) is 54.0 Å². The predicted molar refractivity (Wildman–Crippen MR) is 178 cm³/mol. The van der Waals surface area contributed by atoms with Crippen molar-refractivity contribution in [2.24, 2.45) is 11.8 Å². The summed E-state index contributed by atoms with van der Waals surface area (Å²) in [6, 6.07) is 12.1. The van der Waals surface area contributed by atoms with Crippen LogP contribution < -0.4 is 15.3 Å². The van der Waals surface area contributed by atoms with Crippen LogP contribution in [0.15, 0.2) is 42.5 Å². The molecule has 0 bridgehead atoms. The molecular weight excluding hydrogens is 655 g/mol. The van der Waals surface area contributed by atoms with Gasteiger partial charge in [-0.05, 0) is 51.0 Å². The lowest BCUT2D eigenvalue weighted by molar-refractivity contribution is -0.168.